The summed E-state index contributed by atoms with van der Waals surface area (Å²) in [5.74, 6) is -5.32. The van der Waals surface area contributed by atoms with Gasteiger partial charge in [-0.15, -0.1) is 22.7 Å². The zero-order valence-electron chi connectivity index (χ0n) is 35.0. The van der Waals surface area contributed by atoms with Gasteiger partial charge in [-0.3, -0.25) is 38.4 Å². The lowest BCUT2D eigenvalue weighted by molar-refractivity contribution is -0.134. The Bertz CT molecular complexity index is 1820. The molecule has 5 N–H and O–H groups in total. The van der Waals surface area contributed by atoms with Crippen LogP contribution < -0.4 is 16.4 Å². The van der Waals surface area contributed by atoms with Crippen LogP contribution in [-0.2, 0) is 44.8 Å². The van der Waals surface area contributed by atoms with Crippen LogP contribution in [0.5, 0.6) is 0 Å². The number of carboxylic acids is 1. The molecular formula is C43H61N5O10S2. The first kappa shape index (κ1) is 49.8. The number of carboxylic acid groups (broad SMARTS) is 1. The molecule has 2 atom stereocenters. The molecule has 15 nitrogen and oxygen atoms in total. The molecule has 2 heterocycles. The number of nitrogens with two attached hydrogens (primary N) is 1. The maximum absolute atomic E-state index is 13.0. The third-order valence-corrected chi connectivity index (χ3v) is 12.3. The number of hydrogen-bond donors (Lipinski definition) is 4. The maximum atomic E-state index is 13.0. The van der Waals surface area contributed by atoms with Gasteiger partial charge < -0.3 is 21.5 Å². The quantitative estimate of drug-likeness (QED) is 0.0439. The summed E-state index contributed by atoms with van der Waals surface area (Å²) < 4.78 is 0. The van der Waals surface area contributed by atoms with Gasteiger partial charge in [0, 0.05) is 42.9 Å². The van der Waals surface area contributed by atoms with Crippen LogP contribution in [0.1, 0.15) is 171 Å². The van der Waals surface area contributed by atoms with Gasteiger partial charge in [0.15, 0.2) is 17.3 Å². The van der Waals surface area contributed by atoms with Crippen LogP contribution in [0.15, 0.2) is 10.8 Å². The zero-order valence-corrected chi connectivity index (χ0v) is 36.6. The molecule has 0 radical (unpaired) electrons. The lowest BCUT2D eigenvalue weighted by Crippen LogP contribution is -2.44. The molecule has 60 heavy (non-hydrogen) atoms. The average Bonchev–Trinajstić information content (AvgIpc) is 3.54. The highest BCUT2D eigenvalue weighted by molar-refractivity contribution is 7.14. The Morgan fingerprint density at radius 3 is 1.98 bits per heavy atom. The number of primary amides is 1. The van der Waals surface area contributed by atoms with Gasteiger partial charge in [-0.1, -0.05) is 78.1 Å². The number of nitrogens with zero attached hydrogens (tertiary/aromatic N) is 2. The second kappa shape index (κ2) is 26.0. The summed E-state index contributed by atoms with van der Waals surface area (Å²) in [6, 6.07) is -1.19. The summed E-state index contributed by atoms with van der Waals surface area (Å²) in [6.07, 6.45) is 12.3. The molecule has 0 spiro atoms. The maximum Gasteiger partial charge on any atom is 0.355 e. The number of aromatic carboxylic acids is 1. The Hall–Kier alpha value is -4.51. The van der Waals surface area contributed by atoms with E-state index < -0.39 is 66.0 Å². The zero-order chi connectivity index (χ0) is 44.1. The number of ketones is 5. The van der Waals surface area contributed by atoms with E-state index in [9.17, 15) is 43.2 Å². The molecule has 17 heteroatoms. The van der Waals surface area contributed by atoms with Gasteiger partial charge >= 0.3 is 5.97 Å². The molecule has 1 saturated carbocycles. The van der Waals surface area contributed by atoms with Gasteiger partial charge in [-0.05, 0) is 31.6 Å². The van der Waals surface area contributed by atoms with Crippen molar-refractivity contribution in [2.24, 2.45) is 11.7 Å². The van der Waals surface area contributed by atoms with Crippen LogP contribution in [-0.4, -0.2) is 79.3 Å². The molecule has 2 aromatic rings. The normalized spacial score (nSPS) is 13.8. The molecule has 1 fully saturated rings. The van der Waals surface area contributed by atoms with E-state index >= 15 is 0 Å². The van der Waals surface area contributed by atoms with E-state index in [1.807, 2.05) is 0 Å². The summed E-state index contributed by atoms with van der Waals surface area (Å²) >= 11 is 2.45. The van der Waals surface area contributed by atoms with E-state index in [0.29, 0.717) is 35.0 Å². The van der Waals surface area contributed by atoms with Gasteiger partial charge in [0.25, 0.3) is 0 Å². The summed E-state index contributed by atoms with van der Waals surface area (Å²) in [5.41, 5.74) is 4.60. The highest BCUT2D eigenvalue weighted by Crippen LogP contribution is 2.37. The number of rotatable bonds is 34. The molecule has 3 amide bonds. The van der Waals surface area contributed by atoms with Gasteiger partial charge in [0.1, 0.15) is 28.1 Å². The summed E-state index contributed by atoms with van der Waals surface area (Å²) in [5, 5.41) is 18.5. The molecule has 0 unspecified atom stereocenters. The fourth-order valence-electron chi connectivity index (χ4n) is 6.82. The van der Waals surface area contributed by atoms with Gasteiger partial charge in [-0.25, -0.2) is 14.8 Å². The minimum Gasteiger partial charge on any atom is -0.476 e. The van der Waals surface area contributed by atoms with Crippen LogP contribution >= 0.6 is 22.7 Å². The Balaban J connectivity index is 1.30. The van der Waals surface area contributed by atoms with Crippen molar-refractivity contribution in [1.29, 1.82) is 0 Å². The predicted molar refractivity (Wildman–Crippen MR) is 227 cm³/mol. The number of hydrogen-bond acceptors (Lipinski definition) is 13. The molecule has 330 valence electrons. The van der Waals surface area contributed by atoms with Crippen molar-refractivity contribution in [2.75, 3.05) is 0 Å². The van der Waals surface area contributed by atoms with Crippen LogP contribution in [0.25, 0.3) is 10.7 Å². The highest BCUT2D eigenvalue weighted by Gasteiger charge is 2.50. The second-order valence-electron chi connectivity index (χ2n) is 16.1. The highest BCUT2D eigenvalue weighted by atomic mass is 32.1. The minimum absolute atomic E-state index is 0.00358. The Morgan fingerprint density at radius 2 is 1.38 bits per heavy atom. The van der Waals surface area contributed by atoms with E-state index in [4.69, 9.17) is 10.8 Å². The third kappa shape index (κ3) is 18.8. The van der Waals surface area contributed by atoms with Crippen LogP contribution in [0, 0.1) is 5.92 Å². The first-order valence-corrected chi connectivity index (χ1v) is 23.0. The first-order chi connectivity index (χ1) is 28.6. The van der Waals surface area contributed by atoms with Crippen LogP contribution in [0.3, 0.4) is 0 Å². The Kier molecular flexibility index (Phi) is 21.6. The van der Waals surface area contributed by atoms with Crippen LogP contribution in [0.2, 0.25) is 0 Å². The summed E-state index contributed by atoms with van der Waals surface area (Å²) in [6.45, 7) is 3.95. The SMILES string of the molecule is CCCCCCCCCCCCCC(=O)N[C@H](CC(N)=O)C(=O)CC(=O)C[C@@H](C)CCC(=O)CC(=O)NC1(C(=O)CC(=O)CCc2nc(-c3nc(C(=O)O)cs3)cs2)CC1. The first-order valence-electron chi connectivity index (χ1n) is 21.2. The second-order valence-corrected chi connectivity index (χ2v) is 17.9. The van der Waals surface area contributed by atoms with Gasteiger partial charge in [-0.2, -0.15) is 0 Å². The fraction of sp³-hybridized carbons (Fsp3) is 0.651. The van der Waals surface area contributed by atoms with Crippen molar-refractivity contribution in [3.8, 4) is 10.7 Å². The molecule has 0 saturated heterocycles. The van der Waals surface area contributed by atoms with E-state index in [-0.39, 0.29) is 74.0 Å². The predicted octanol–water partition coefficient (Wildman–Crippen LogP) is 6.43. The molecular weight excluding hydrogens is 811 g/mol. The van der Waals surface area contributed by atoms with E-state index in [1.54, 1.807) is 12.3 Å². The number of thiazole rings is 2. The molecule has 0 bridgehead atoms. The molecule has 3 rings (SSSR count). The Morgan fingerprint density at radius 1 is 0.750 bits per heavy atom. The lowest BCUT2D eigenvalue weighted by Gasteiger charge is -2.17. The van der Waals surface area contributed by atoms with E-state index in [1.165, 1.54) is 61.7 Å². The van der Waals surface area contributed by atoms with Crippen molar-refractivity contribution in [3.63, 3.8) is 0 Å². The number of unbranched alkanes of at least 4 members (excludes halogenated alkanes) is 10. The Labute approximate surface area is 359 Å². The standard InChI is InChI=1S/C43H61N5O10S2/c1-3-4-5-6-7-8-9-10-11-12-13-14-38(55)45-32(25-37(44)54)35(52)22-31(51)21-28(2)15-16-30(50)24-39(56)48-43(19-20-43)36(53)23-29(49)17-18-40-46-33(26-59-40)41-47-34(27-60-41)42(57)58/h26-28,32H,3-25H2,1-2H3,(H2,44,54)(H,45,55)(H,48,56)(H,57,58)/t28-,32+/m0/s1. The molecule has 0 aromatic carbocycles. The molecule has 0 aliphatic heterocycles. The van der Waals surface area contributed by atoms with Crippen molar-refractivity contribution in [3.05, 3.63) is 21.5 Å². The monoisotopic (exact) mass is 871 g/mol. The molecule has 1 aliphatic carbocycles. The number of nitrogens with one attached hydrogen (secondary N) is 2. The average molecular weight is 872 g/mol. The summed E-state index contributed by atoms with van der Waals surface area (Å²) in [4.78, 5) is 120. The number of carbonyl (C=O) groups is 9. The van der Waals surface area contributed by atoms with Gasteiger partial charge in [0.2, 0.25) is 17.7 Å². The van der Waals surface area contributed by atoms with Crippen molar-refractivity contribution in [1.82, 2.24) is 20.6 Å². The minimum atomic E-state index is -1.19. The number of Topliss-reactive ketones (excluding diaryl/α,β-unsaturated/α-hetero) is 5. The van der Waals surface area contributed by atoms with E-state index in [2.05, 4.69) is 27.5 Å². The smallest absolute Gasteiger partial charge is 0.355 e. The van der Waals surface area contributed by atoms with Crippen molar-refractivity contribution >= 4 is 75.3 Å². The lowest BCUT2D eigenvalue weighted by atomic mass is 9.93. The number of aromatic nitrogens is 2. The van der Waals surface area contributed by atoms with Crippen LogP contribution in [0.4, 0.5) is 0 Å². The topological polar surface area (TPSA) is 250 Å². The third-order valence-electron chi connectivity index (χ3n) is 10.5. The summed E-state index contributed by atoms with van der Waals surface area (Å²) in [7, 11) is 0. The largest absolute Gasteiger partial charge is 0.476 e. The van der Waals surface area contributed by atoms with Crippen molar-refractivity contribution < 1.29 is 48.3 Å². The van der Waals surface area contributed by atoms with Crippen molar-refractivity contribution in [2.45, 2.75) is 173 Å². The van der Waals surface area contributed by atoms with E-state index in [0.717, 1.165) is 30.6 Å². The fourth-order valence-corrected chi connectivity index (χ4v) is 8.43. The number of amides is 3. The number of carbonyl (C=O) groups excluding carboxylic acids is 8. The van der Waals surface area contributed by atoms with Gasteiger partial charge in [0.05, 0.1) is 42.3 Å². The molecule has 1 aliphatic rings. The molecule has 2 aromatic heterocycles. The number of aryl methyl sites for hydroxylation is 1.